The van der Waals surface area contributed by atoms with Crippen LogP contribution in [-0.4, -0.2) is 57.3 Å². The van der Waals surface area contributed by atoms with Crippen LogP contribution in [0, 0.1) is 0 Å². The number of allylic oxidation sites excluding steroid dienone is 2. The summed E-state index contributed by atoms with van der Waals surface area (Å²) in [5, 5.41) is 43.4. The summed E-state index contributed by atoms with van der Waals surface area (Å²) < 4.78 is 0. The molecule has 0 aliphatic carbocycles. The lowest BCUT2D eigenvalue weighted by atomic mass is 9.99. The number of aliphatic hydroxyl groups excluding tert-OH is 4. The van der Waals surface area contributed by atoms with E-state index < -0.39 is 36.9 Å². The van der Waals surface area contributed by atoms with E-state index in [0.29, 0.717) is 12.8 Å². The van der Waals surface area contributed by atoms with Gasteiger partial charge in [-0.25, -0.2) is 0 Å². The molecule has 0 unspecified atom stereocenters. The lowest BCUT2D eigenvalue weighted by Gasteiger charge is -2.27. The molecule has 6 nitrogen and oxygen atoms in total. The van der Waals surface area contributed by atoms with Crippen molar-refractivity contribution in [3.63, 3.8) is 0 Å². The molecule has 0 saturated carbocycles. The van der Waals surface area contributed by atoms with Crippen molar-refractivity contribution in [1.29, 1.82) is 0 Å². The number of carbonyl (C=O) groups excluding carboxylic acids is 1. The van der Waals surface area contributed by atoms with Crippen LogP contribution in [-0.2, 0) is 4.79 Å². The van der Waals surface area contributed by atoms with Crippen molar-refractivity contribution in [1.82, 2.24) is 5.32 Å². The number of rotatable bonds is 34. The first kappa shape index (κ1) is 43.0. The van der Waals surface area contributed by atoms with Gasteiger partial charge in [-0.1, -0.05) is 167 Å². The summed E-state index contributed by atoms with van der Waals surface area (Å²) in [6, 6.07) is -0.991. The van der Waals surface area contributed by atoms with Gasteiger partial charge < -0.3 is 25.7 Å². The summed E-state index contributed by atoms with van der Waals surface area (Å²) in [7, 11) is 0. The van der Waals surface area contributed by atoms with Gasteiger partial charge >= 0.3 is 0 Å². The van der Waals surface area contributed by atoms with Crippen LogP contribution in [0.3, 0.4) is 0 Å². The molecule has 0 rings (SSSR count). The fourth-order valence-corrected chi connectivity index (χ4v) is 5.87. The Morgan fingerprint density at radius 2 is 0.909 bits per heavy atom. The van der Waals surface area contributed by atoms with E-state index in [1.807, 2.05) is 0 Å². The Morgan fingerprint density at radius 1 is 0.545 bits per heavy atom. The van der Waals surface area contributed by atoms with Crippen molar-refractivity contribution < 1.29 is 25.2 Å². The molecule has 0 aromatic rings. The zero-order valence-electron chi connectivity index (χ0n) is 29.2. The minimum Gasteiger partial charge on any atom is -0.394 e. The molecule has 5 N–H and O–H groups in total. The van der Waals surface area contributed by atoms with Crippen molar-refractivity contribution in [3.8, 4) is 0 Å². The molecule has 262 valence electrons. The Labute approximate surface area is 272 Å². The van der Waals surface area contributed by atoms with Crippen LogP contribution in [0.1, 0.15) is 194 Å². The van der Waals surface area contributed by atoms with E-state index in [-0.39, 0.29) is 0 Å². The minimum absolute atomic E-state index is 0.368. The van der Waals surface area contributed by atoms with Gasteiger partial charge in [0.05, 0.1) is 18.8 Å². The largest absolute Gasteiger partial charge is 0.394 e. The molecule has 0 aromatic carbocycles. The first-order chi connectivity index (χ1) is 21.5. The molecule has 0 radical (unpaired) electrons. The maximum Gasteiger partial charge on any atom is 0.249 e. The quantitative estimate of drug-likeness (QED) is 0.0362. The second kappa shape index (κ2) is 33.4. The van der Waals surface area contributed by atoms with E-state index in [0.717, 1.165) is 44.9 Å². The average molecular weight is 626 g/mol. The molecule has 1 amide bonds. The van der Waals surface area contributed by atoms with E-state index in [2.05, 4.69) is 31.3 Å². The molecular formula is C38H75NO5. The highest BCUT2D eigenvalue weighted by Crippen LogP contribution is 2.15. The lowest BCUT2D eigenvalue weighted by Crippen LogP contribution is -2.53. The molecule has 0 fully saturated rings. The highest BCUT2D eigenvalue weighted by atomic mass is 16.3. The number of amides is 1. The van der Waals surface area contributed by atoms with Gasteiger partial charge in [-0.05, 0) is 38.5 Å². The Bertz CT molecular complexity index is 628. The topological polar surface area (TPSA) is 110 Å². The summed E-state index contributed by atoms with van der Waals surface area (Å²) in [5.74, 6) is -0.592. The van der Waals surface area contributed by atoms with Gasteiger partial charge in [0.2, 0.25) is 5.91 Å². The molecule has 6 heteroatoms. The van der Waals surface area contributed by atoms with E-state index in [9.17, 15) is 25.2 Å². The van der Waals surface area contributed by atoms with Gasteiger partial charge in [0, 0.05) is 0 Å². The predicted molar refractivity (Wildman–Crippen MR) is 187 cm³/mol. The van der Waals surface area contributed by atoms with Gasteiger partial charge in [0.1, 0.15) is 12.2 Å². The Morgan fingerprint density at radius 3 is 1.34 bits per heavy atom. The van der Waals surface area contributed by atoms with Gasteiger partial charge in [-0.2, -0.15) is 0 Å². The summed E-state index contributed by atoms with van der Waals surface area (Å²) in [6.07, 6.45) is 33.7. The number of unbranched alkanes of at least 4 members (excludes halogenated alkanes) is 23. The molecule has 0 aliphatic rings. The monoisotopic (exact) mass is 626 g/mol. The maximum absolute atomic E-state index is 12.4. The summed E-state index contributed by atoms with van der Waals surface area (Å²) in [4.78, 5) is 12.4. The third-order valence-corrected chi connectivity index (χ3v) is 8.98. The summed E-state index contributed by atoms with van der Waals surface area (Å²) in [5.41, 5.74) is 0. The Balaban J connectivity index is 3.83. The minimum atomic E-state index is -1.27. The summed E-state index contributed by atoms with van der Waals surface area (Å²) in [6.45, 7) is 4.02. The van der Waals surface area contributed by atoms with Gasteiger partial charge in [-0.3, -0.25) is 4.79 Å². The molecule has 0 aromatic heterocycles. The van der Waals surface area contributed by atoms with Crippen LogP contribution in [0.4, 0.5) is 0 Å². The number of carbonyl (C=O) groups is 1. The molecule has 44 heavy (non-hydrogen) atoms. The van der Waals surface area contributed by atoms with Crippen LogP contribution in [0.25, 0.3) is 0 Å². The smallest absolute Gasteiger partial charge is 0.249 e. The van der Waals surface area contributed by atoms with Crippen LogP contribution in [0.2, 0.25) is 0 Å². The van der Waals surface area contributed by atoms with E-state index in [4.69, 9.17) is 0 Å². The third-order valence-electron chi connectivity index (χ3n) is 8.98. The van der Waals surface area contributed by atoms with Gasteiger partial charge in [-0.15, -0.1) is 0 Å². The highest BCUT2D eigenvalue weighted by Gasteiger charge is 2.28. The third kappa shape index (κ3) is 27.4. The standard InChI is InChI=1S/C38H75NO5/c1-3-5-7-9-11-13-15-17-18-19-20-22-23-25-27-29-31-35(41)37(43)34(33-40)39-38(44)36(42)32-30-28-26-24-21-16-14-12-10-8-6-4-2/h22-23,34-37,40-43H,3-21,24-33H2,1-2H3,(H,39,44)/b23-22-/t34-,35+,36+,37-/m0/s1. The van der Waals surface area contributed by atoms with E-state index in [1.54, 1.807) is 0 Å². The lowest BCUT2D eigenvalue weighted by molar-refractivity contribution is -0.132. The zero-order chi connectivity index (χ0) is 32.5. The SMILES string of the molecule is CCCCCCCCCCCC/C=C\CCCC[C@@H](O)[C@@H](O)[C@H](CO)NC(=O)[C@H](O)CCCCCCCCCCCCCC. The van der Waals surface area contributed by atoms with E-state index >= 15 is 0 Å². The van der Waals surface area contributed by atoms with Gasteiger partial charge in [0.25, 0.3) is 0 Å². The predicted octanol–water partition coefficient (Wildman–Crippen LogP) is 9.07. The van der Waals surface area contributed by atoms with Crippen molar-refractivity contribution in [2.45, 2.75) is 218 Å². The average Bonchev–Trinajstić information content (AvgIpc) is 3.03. The molecule has 4 atom stereocenters. The number of nitrogens with one attached hydrogen (secondary N) is 1. The normalized spacial score (nSPS) is 14.6. The molecule has 0 heterocycles. The number of hydrogen-bond acceptors (Lipinski definition) is 5. The van der Waals surface area contributed by atoms with Crippen LogP contribution in [0.15, 0.2) is 12.2 Å². The Hall–Kier alpha value is -0.950. The molecule has 0 spiro atoms. The van der Waals surface area contributed by atoms with Crippen molar-refractivity contribution >= 4 is 5.91 Å². The second-order valence-electron chi connectivity index (χ2n) is 13.3. The van der Waals surface area contributed by atoms with Crippen molar-refractivity contribution in [3.05, 3.63) is 12.2 Å². The fraction of sp³-hybridized carbons (Fsp3) is 0.921. The summed E-state index contributed by atoms with van der Waals surface area (Å²) >= 11 is 0. The highest BCUT2D eigenvalue weighted by molar-refractivity contribution is 5.80. The van der Waals surface area contributed by atoms with Crippen molar-refractivity contribution in [2.75, 3.05) is 6.61 Å². The fourth-order valence-electron chi connectivity index (χ4n) is 5.87. The first-order valence-electron chi connectivity index (χ1n) is 19.1. The molecule has 0 aliphatic heterocycles. The molecule has 0 saturated heterocycles. The van der Waals surface area contributed by atoms with Crippen LogP contribution < -0.4 is 5.32 Å². The van der Waals surface area contributed by atoms with Crippen LogP contribution in [0.5, 0.6) is 0 Å². The van der Waals surface area contributed by atoms with Crippen molar-refractivity contribution in [2.24, 2.45) is 0 Å². The zero-order valence-corrected chi connectivity index (χ0v) is 29.2. The van der Waals surface area contributed by atoms with Gasteiger partial charge in [0.15, 0.2) is 0 Å². The Kier molecular flexibility index (Phi) is 32.7. The maximum atomic E-state index is 12.4. The van der Waals surface area contributed by atoms with E-state index in [1.165, 1.54) is 122 Å². The number of hydrogen-bond donors (Lipinski definition) is 5. The first-order valence-corrected chi connectivity index (χ1v) is 19.1. The molecular weight excluding hydrogens is 550 g/mol. The molecule has 0 bridgehead atoms. The van der Waals surface area contributed by atoms with Crippen LogP contribution >= 0.6 is 0 Å². The second-order valence-corrected chi connectivity index (χ2v) is 13.3. The number of aliphatic hydroxyl groups is 4.